The van der Waals surface area contributed by atoms with Gasteiger partial charge in [-0.15, -0.1) is 0 Å². The van der Waals surface area contributed by atoms with Crippen LogP contribution in [0.2, 0.25) is 0 Å². The molecule has 90 valence electrons. The Balaban J connectivity index is 2.50. The van der Waals surface area contributed by atoms with E-state index in [1.54, 1.807) is 6.26 Å². The van der Waals surface area contributed by atoms with Gasteiger partial charge in [0.05, 0.1) is 16.8 Å². The fourth-order valence-corrected chi connectivity index (χ4v) is 2.76. The molecule has 2 aromatic rings. The molecule has 1 atom stereocenters. The largest absolute Gasteiger partial charge is 0.466 e. The summed E-state index contributed by atoms with van der Waals surface area (Å²) in [6.45, 7) is 2.08. The van der Waals surface area contributed by atoms with Crippen molar-refractivity contribution in [3.63, 3.8) is 0 Å². The van der Waals surface area contributed by atoms with Gasteiger partial charge in [0.2, 0.25) is 0 Å². The number of nitrogens with one attached hydrogen (secondary N) is 1. The molecule has 1 heterocycles. The highest BCUT2D eigenvalue weighted by atomic mass is 79.9. The Kier molecular flexibility index (Phi) is 4.07. The van der Waals surface area contributed by atoms with Crippen molar-refractivity contribution in [1.29, 1.82) is 0 Å². The van der Waals surface area contributed by atoms with Gasteiger partial charge in [-0.25, -0.2) is 0 Å². The highest BCUT2D eigenvalue weighted by molar-refractivity contribution is 9.10. The minimum atomic E-state index is 0.0358. The average molecular weight is 359 g/mol. The van der Waals surface area contributed by atoms with Crippen LogP contribution in [0.15, 0.2) is 43.9 Å². The third kappa shape index (κ3) is 2.49. The van der Waals surface area contributed by atoms with Gasteiger partial charge in [-0.2, -0.15) is 0 Å². The molecule has 17 heavy (non-hydrogen) atoms. The molecule has 2 nitrogen and oxygen atoms in total. The summed E-state index contributed by atoms with van der Waals surface area (Å²) in [5.74, 6) is 0.888. The summed E-state index contributed by atoms with van der Waals surface area (Å²) in [6.07, 6.45) is 1.69. The van der Waals surface area contributed by atoms with Crippen LogP contribution in [0.4, 0.5) is 0 Å². The van der Waals surface area contributed by atoms with Gasteiger partial charge in [-0.05, 0) is 47.1 Å². The van der Waals surface area contributed by atoms with Gasteiger partial charge in [0.25, 0.3) is 0 Å². The maximum atomic E-state index is 5.54. The topological polar surface area (TPSA) is 25.2 Å². The summed E-state index contributed by atoms with van der Waals surface area (Å²) in [5, 5.41) is 3.28. The zero-order valence-electron chi connectivity index (χ0n) is 9.63. The first-order valence-corrected chi connectivity index (χ1v) is 6.89. The number of halogens is 2. The molecule has 0 saturated carbocycles. The molecule has 0 radical (unpaired) electrons. The summed E-state index contributed by atoms with van der Waals surface area (Å²) in [6, 6.07) is 8.17. The predicted molar refractivity (Wildman–Crippen MR) is 76.2 cm³/mol. The maximum Gasteiger partial charge on any atom is 0.139 e. The van der Waals surface area contributed by atoms with Crippen LogP contribution in [0.3, 0.4) is 0 Å². The molecule has 0 fully saturated rings. The molecule has 1 aromatic carbocycles. The van der Waals surface area contributed by atoms with Crippen molar-refractivity contribution in [2.75, 3.05) is 7.05 Å². The zero-order valence-corrected chi connectivity index (χ0v) is 12.8. The number of rotatable bonds is 3. The van der Waals surface area contributed by atoms with E-state index in [1.807, 2.05) is 13.1 Å². The van der Waals surface area contributed by atoms with Gasteiger partial charge in [0.15, 0.2) is 0 Å². The summed E-state index contributed by atoms with van der Waals surface area (Å²) >= 11 is 7.13. The summed E-state index contributed by atoms with van der Waals surface area (Å²) < 4.78 is 7.63. The molecule has 0 aliphatic rings. The van der Waals surface area contributed by atoms with Gasteiger partial charge in [0.1, 0.15) is 5.76 Å². The molecule has 1 unspecified atom stereocenters. The molecule has 0 spiro atoms. The SMILES string of the molecule is CNC(c1cccc(C)c1Br)c1occc1Br. The van der Waals surface area contributed by atoms with Crippen LogP contribution in [0.25, 0.3) is 0 Å². The second-order valence-electron chi connectivity index (χ2n) is 3.83. The van der Waals surface area contributed by atoms with Gasteiger partial charge in [-0.3, -0.25) is 0 Å². The van der Waals surface area contributed by atoms with E-state index in [-0.39, 0.29) is 6.04 Å². The molecule has 0 aliphatic heterocycles. The van der Waals surface area contributed by atoms with Crippen molar-refractivity contribution in [1.82, 2.24) is 5.32 Å². The number of hydrogen-bond acceptors (Lipinski definition) is 2. The summed E-state index contributed by atoms with van der Waals surface area (Å²) in [5.41, 5.74) is 2.38. The summed E-state index contributed by atoms with van der Waals surface area (Å²) in [7, 11) is 1.92. The Morgan fingerprint density at radius 2 is 2.00 bits per heavy atom. The Bertz CT molecular complexity index is 522. The number of furan rings is 1. The lowest BCUT2D eigenvalue weighted by Crippen LogP contribution is -2.18. The normalized spacial score (nSPS) is 12.7. The van der Waals surface area contributed by atoms with E-state index in [0.717, 1.165) is 14.7 Å². The van der Waals surface area contributed by atoms with Crippen LogP contribution in [0.1, 0.15) is 22.9 Å². The van der Waals surface area contributed by atoms with Crippen LogP contribution < -0.4 is 5.32 Å². The first-order valence-electron chi connectivity index (χ1n) is 5.30. The highest BCUT2D eigenvalue weighted by Crippen LogP contribution is 2.34. The predicted octanol–water partition coefficient (Wildman–Crippen LogP) is 4.42. The van der Waals surface area contributed by atoms with Crippen molar-refractivity contribution >= 4 is 31.9 Å². The third-order valence-electron chi connectivity index (χ3n) is 2.73. The van der Waals surface area contributed by atoms with Crippen molar-refractivity contribution < 1.29 is 4.42 Å². The summed E-state index contributed by atoms with van der Waals surface area (Å²) in [4.78, 5) is 0. The van der Waals surface area contributed by atoms with E-state index < -0.39 is 0 Å². The first-order chi connectivity index (χ1) is 8.15. The maximum absolute atomic E-state index is 5.54. The van der Waals surface area contributed by atoms with E-state index in [0.29, 0.717) is 0 Å². The Labute approximate surface area is 118 Å². The molecule has 0 amide bonds. The van der Waals surface area contributed by atoms with Crippen LogP contribution in [0.5, 0.6) is 0 Å². The van der Waals surface area contributed by atoms with Crippen LogP contribution in [-0.2, 0) is 0 Å². The molecular formula is C13H13Br2NO. The molecular weight excluding hydrogens is 346 g/mol. The van der Waals surface area contributed by atoms with E-state index in [9.17, 15) is 0 Å². The van der Waals surface area contributed by atoms with E-state index in [1.165, 1.54) is 11.1 Å². The van der Waals surface area contributed by atoms with Gasteiger partial charge >= 0.3 is 0 Å². The van der Waals surface area contributed by atoms with Crippen molar-refractivity contribution in [3.05, 3.63) is 56.4 Å². The highest BCUT2D eigenvalue weighted by Gasteiger charge is 2.20. The monoisotopic (exact) mass is 357 g/mol. The standard InChI is InChI=1S/C13H13Br2NO/c1-8-4-3-5-9(11(8)15)12(16-2)13-10(14)6-7-17-13/h3-7,12,16H,1-2H3. The lowest BCUT2D eigenvalue weighted by Gasteiger charge is -2.17. The van der Waals surface area contributed by atoms with Crippen LogP contribution >= 0.6 is 31.9 Å². The smallest absolute Gasteiger partial charge is 0.139 e. The molecule has 1 N–H and O–H groups in total. The fourth-order valence-electron chi connectivity index (χ4n) is 1.83. The molecule has 0 saturated heterocycles. The molecule has 0 aliphatic carbocycles. The zero-order chi connectivity index (χ0) is 12.4. The average Bonchev–Trinajstić information content (AvgIpc) is 2.72. The lowest BCUT2D eigenvalue weighted by atomic mass is 10.0. The second kappa shape index (κ2) is 5.38. The van der Waals surface area contributed by atoms with Gasteiger partial charge in [0, 0.05) is 4.47 Å². The first kappa shape index (κ1) is 12.9. The van der Waals surface area contributed by atoms with Crippen molar-refractivity contribution in [2.24, 2.45) is 0 Å². The van der Waals surface area contributed by atoms with E-state index in [2.05, 4.69) is 62.3 Å². The second-order valence-corrected chi connectivity index (χ2v) is 5.48. The number of benzene rings is 1. The Hall–Kier alpha value is -0.580. The molecule has 1 aromatic heterocycles. The third-order valence-corrected chi connectivity index (χ3v) is 4.47. The van der Waals surface area contributed by atoms with Gasteiger partial charge in [-0.1, -0.05) is 34.1 Å². The quantitative estimate of drug-likeness (QED) is 0.878. The molecule has 4 heteroatoms. The van der Waals surface area contributed by atoms with E-state index in [4.69, 9.17) is 4.42 Å². The molecule has 2 rings (SSSR count). The fraction of sp³-hybridized carbons (Fsp3) is 0.231. The van der Waals surface area contributed by atoms with Gasteiger partial charge < -0.3 is 9.73 Å². The number of hydrogen-bond donors (Lipinski definition) is 1. The minimum Gasteiger partial charge on any atom is -0.466 e. The minimum absolute atomic E-state index is 0.0358. The van der Waals surface area contributed by atoms with Crippen LogP contribution in [0, 0.1) is 6.92 Å². The Morgan fingerprint density at radius 1 is 1.24 bits per heavy atom. The Morgan fingerprint density at radius 3 is 2.59 bits per heavy atom. The van der Waals surface area contributed by atoms with Crippen molar-refractivity contribution in [2.45, 2.75) is 13.0 Å². The van der Waals surface area contributed by atoms with E-state index >= 15 is 0 Å². The lowest BCUT2D eigenvalue weighted by molar-refractivity contribution is 0.460. The van der Waals surface area contributed by atoms with Crippen LogP contribution in [-0.4, -0.2) is 7.05 Å². The molecule has 0 bridgehead atoms. The number of aryl methyl sites for hydroxylation is 1. The van der Waals surface area contributed by atoms with Crippen molar-refractivity contribution in [3.8, 4) is 0 Å².